The van der Waals surface area contributed by atoms with Crippen molar-refractivity contribution >= 4 is 91.0 Å². The lowest BCUT2D eigenvalue weighted by atomic mass is 10.0. The predicted molar refractivity (Wildman–Crippen MR) is 339 cm³/mol. The number of anilines is 1. The standard InChI is InChI=1S/C49H66N10O10S2.C12H11N5O/c1-28(61)39(25-60)56-48(68)41-27-71-70-26-40(57-43(63)34(51)21-30-13-5-3-6-14-30)47(67)54-37(22-31-15-7-4-8-16-31)45(65)55-38(23-32-24-52-35-18-10-9-17-33(32)35)46(66)53-36(19-11-12-20-50)44(64)59-42(29(2)62)49(69)58-41;13-12-16-10-9(14-7-15-10)11(17-12)18-6-8-4-2-1-3-5-8/h3-10,13-18,24,28-29,34,36-42,52,60-62H,11-12,19-23,25-27,50-51H2,1-2H3,(H,53,66)(H,54,67)(H,55,65)(H,56,68)(H,57,63)(H,58,69)(H,59,64);1-5,7H,6H2,(H3,13,14,15,16,17)/t28-,29-,34-,36+,37+,38-,39-,40+,41+,42+;/m1./s1. The summed E-state index contributed by atoms with van der Waals surface area (Å²) in [5, 5.41) is 50.5. The molecule has 1 fully saturated rings. The van der Waals surface area contributed by atoms with Crippen molar-refractivity contribution in [3.63, 3.8) is 0 Å². The number of nitrogens with zero attached hydrogens (tertiary/aromatic N) is 3. The van der Waals surface area contributed by atoms with E-state index in [1.807, 2.05) is 60.7 Å². The van der Waals surface area contributed by atoms with Gasteiger partial charge in [0, 0.05) is 41.4 Å². The molecule has 7 aromatic rings. The zero-order chi connectivity index (χ0) is 63.8. The first-order chi connectivity index (χ1) is 42.9. The maximum atomic E-state index is 14.7. The first-order valence-electron chi connectivity index (χ1n) is 29.0. The third-order valence-corrected chi connectivity index (χ3v) is 16.8. The van der Waals surface area contributed by atoms with Gasteiger partial charge in [-0.3, -0.25) is 33.6 Å². The van der Waals surface area contributed by atoms with E-state index in [4.69, 9.17) is 21.9 Å². The Labute approximate surface area is 521 Å². The number of hydrogen-bond acceptors (Lipinski definition) is 19. The number of aromatic nitrogens is 5. The van der Waals surface area contributed by atoms with E-state index in [-0.39, 0.29) is 49.7 Å². The van der Waals surface area contributed by atoms with Crippen molar-refractivity contribution in [2.45, 2.75) is 120 Å². The van der Waals surface area contributed by atoms with Crippen LogP contribution in [0.4, 0.5) is 5.95 Å². The Morgan fingerprint density at radius 3 is 1.98 bits per heavy atom. The molecule has 1 aliphatic heterocycles. The fourth-order valence-electron chi connectivity index (χ4n) is 9.38. The lowest BCUT2D eigenvalue weighted by Gasteiger charge is -2.29. The quantitative estimate of drug-likeness (QED) is 0.0369. The number of hydrogen-bond donors (Lipinski definition) is 15. The van der Waals surface area contributed by atoms with Gasteiger partial charge >= 0.3 is 0 Å². The van der Waals surface area contributed by atoms with Crippen molar-refractivity contribution in [3.05, 3.63) is 150 Å². The Balaban J connectivity index is 0.000000528. The highest BCUT2D eigenvalue weighted by Crippen LogP contribution is 2.25. The summed E-state index contributed by atoms with van der Waals surface area (Å²) in [6, 6.07) is 24.4. The van der Waals surface area contributed by atoms with Gasteiger partial charge in [0.05, 0.1) is 37.2 Å². The molecule has 0 unspecified atom stereocenters. The Kier molecular flexibility index (Phi) is 26.1. The second-order valence-corrected chi connectivity index (χ2v) is 23.8. The highest BCUT2D eigenvalue weighted by molar-refractivity contribution is 8.76. The molecule has 3 aromatic heterocycles. The molecule has 10 atom stereocenters. The molecule has 4 aromatic carbocycles. The van der Waals surface area contributed by atoms with Crippen molar-refractivity contribution in [1.82, 2.24) is 62.1 Å². The molecular formula is C61H77N15O11S2. The largest absolute Gasteiger partial charge is 0.471 e. The van der Waals surface area contributed by atoms with Gasteiger partial charge in [0.2, 0.25) is 53.2 Å². The Morgan fingerprint density at radius 2 is 1.31 bits per heavy atom. The second-order valence-electron chi connectivity index (χ2n) is 21.2. The van der Waals surface area contributed by atoms with Gasteiger partial charge < -0.3 is 84.4 Å². The lowest BCUT2D eigenvalue weighted by molar-refractivity contribution is -0.136. The monoisotopic (exact) mass is 1260 g/mol. The minimum atomic E-state index is -1.66. The zero-order valence-corrected chi connectivity index (χ0v) is 50.8. The summed E-state index contributed by atoms with van der Waals surface area (Å²) in [7, 11) is 2.06. The average molecular weight is 1260 g/mol. The molecule has 28 heteroatoms. The number of benzene rings is 4. The smallest absolute Gasteiger partial charge is 0.245 e. The first kappa shape index (κ1) is 67.9. The van der Waals surface area contributed by atoms with Crippen LogP contribution in [0.1, 0.15) is 55.4 Å². The number of aliphatic hydroxyl groups excluding tert-OH is 3. The van der Waals surface area contributed by atoms with Gasteiger partial charge in [-0.05, 0) is 74.4 Å². The molecule has 4 heterocycles. The Morgan fingerprint density at radius 1 is 0.708 bits per heavy atom. The number of carbonyl (C=O) groups excluding carboxylic acids is 7. The van der Waals surface area contributed by atoms with Crippen LogP contribution < -0.4 is 59.2 Å². The van der Waals surface area contributed by atoms with Crippen LogP contribution in [-0.2, 0) is 59.4 Å². The molecule has 0 aliphatic carbocycles. The molecule has 26 nitrogen and oxygen atoms in total. The summed E-state index contributed by atoms with van der Waals surface area (Å²) in [5.41, 5.74) is 22.8. The van der Waals surface area contributed by atoms with Crippen molar-refractivity contribution in [2.75, 3.05) is 30.4 Å². The summed E-state index contributed by atoms with van der Waals surface area (Å²) in [4.78, 5) is 118. The van der Waals surface area contributed by atoms with E-state index in [1.54, 1.807) is 60.8 Å². The molecule has 474 valence electrons. The molecule has 0 radical (unpaired) electrons. The van der Waals surface area contributed by atoms with Crippen molar-refractivity contribution < 1.29 is 53.6 Å². The number of aliphatic hydroxyl groups is 3. The number of H-pyrrole nitrogens is 2. The molecular weight excluding hydrogens is 1180 g/mol. The summed E-state index contributed by atoms with van der Waals surface area (Å²) in [5.74, 6) is -5.44. The number of unbranched alkanes of at least 4 members (excludes halogenated alkanes) is 1. The van der Waals surface area contributed by atoms with Crippen molar-refractivity contribution in [2.24, 2.45) is 11.5 Å². The van der Waals surface area contributed by atoms with Gasteiger partial charge in [-0.1, -0.05) is 131 Å². The number of amides is 7. The third-order valence-electron chi connectivity index (χ3n) is 14.3. The van der Waals surface area contributed by atoms with E-state index < -0.39 is 108 Å². The Hall–Kier alpha value is -8.64. The van der Waals surface area contributed by atoms with Gasteiger partial charge in [0.1, 0.15) is 48.4 Å². The number of nitrogen functional groups attached to an aromatic ring is 1. The van der Waals surface area contributed by atoms with E-state index in [9.17, 15) is 48.9 Å². The summed E-state index contributed by atoms with van der Waals surface area (Å²) >= 11 is 0. The number of rotatable bonds is 20. The number of fused-ring (bicyclic) bond motifs is 2. The second kappa shape index (κ2) is 34.2. The summed E-state index contributed by atoms with van der Waals surface area (Å²) < 4.78 is 5.64. The van der Waals surface area contributed by atoms with Gasteiger partial charge in [-0.25, -0.2) is 4.98 Å². The molecule has 8 rings (SSSR count). The fourth-order valence-corrected chi connectivity index (χ4v) is 11.7. The van der Waals surface area contributed by atoms with Crippen molar-refractivity contribution in [1.29, 1.82) is 0 Å². The van der Waals surface area contributed by atoms with Crippen LogP contribution in [0.5, 0.6) is 5.88 Å². The first-order valence-corrected chi connectivity index (χ1v) is 31.5. The normalized spacial score (nSPS) is 20.4. The maximum Gasteiger partial charge on any atom is 0.245 e. The molecule has 1 aliphatic rings. The SMILES string of the molecule is C[C@@H](O)[C@@H]1NC(=O)[C@H](CCCCN)NC(=O)[C@@H](Cc2c[nH]c3ccccc23)NC(=O)[C@H](Cc2ccccc2)NC(=O)[C@@H](NC(=O)[C@H](N)Cc2ccccc2)CSSC[C@@H](C(=O)N[C@H](CO)[C@@H](C)O)NC1=O.Nc1nc(OCc2ccccc2)c2[nH]cnc2n1. The summed E-state index contributed by atoms with van der Waals surface area (Å²) in [6.45, 7) is 2.65. The Bertz CT molecular complexity index is 3440. The molecule has 7 amide bonds. The van der Waals surface area contributed by atoms with E-state index in [0.717, 1.165) is 43.6 Å². The minimum Gasteiger partial charge on any atom is -0.471 e. The number of ether oxygens (including phenoxy) is 1. The number of nitrogens with two attached hydrogens (primary N) is 3. The van der Waals surface area contributed by atoms with Crippen LogP contribution in [-0.4, -0.2) is 167 Å². The van der Waals surface area contributed by atoms with Crippen LogP contribution in [0.25, 0.3) is 22.1 Å². The van der Waals surface area contributed by atoms with E-state index in [0.29, 0.717) is 47.6 Å². The van der Waals surface area contributed by atoms with Gasteiger partial charge in [-0.15, -0.1) is 0 Å². The van der Waals surface area contributed by atoms with Crippen LogP contribution in [0.3, 0.4) is 0 Å². The minimum absolute atomic E-state index is 0.0340. The molecule has 1 saturated heterocycles. The molecule has 18 N–H and O–H groups in total. The molecule has 0 saturated carbocycles. The number of para-hydroxylation sites is 1. The van der Waals surface area contributed by atoms with Crippen molar-refractivity contribution in [3.8, 4) is 5.88 Å². The predicted octanol–water partition coefficient (Wildman–Crippen LogP) is 0.709. The van der Waals surface area contributed by atoms with Gasteiger partial charge in [0.25, 0.3) is 0 Å². The van der Waals surface area contributed by atoms with E-state index >= 15 is 0 Å². The van der Waals surface area contributed by atoms with Crippen LogP contribution in [0.15, 0.2) is 128 Å². The molecule has 0 spiro atoms. The van der Waals surface area contributed by atoms with Crippen LogP contribution >= 0.6 is 21.6 Å². The van der Waals surface area contributed by atoms with E-state index in [2.05, 4.69) is 62.1 Å². The van der Waals surface area contributed by atoms with Crippen LogP contribution in [0.2, 0.25) is 0 Å². The number of aromatic amines is 2. The lowest BCUT2D eigenvalue weighted by Crippen LogP contribution is -2.62. The third kappa shape index (κ3) is 20.5. The highest BCUT2D eigenvalue weighted by atomic mass is 33.1. The molecule has 89 heavy (non-hydrogen) atoms. The van der Waals surface area contributed by atoms with Crippen LogP contribution in [0, 0.1) is 0 Å². The summed E-state index contributed by atoms with van der Waals surface area (Å²) in [6.07, 6.45) is 1.38. The topological polar surface area (TPSA) is 422 Å². The van der Waals surface area contributed by atoms with E-state index in [1.165, 1.54) is 20.2 Å². The zero-order valence-electron chi connectivity index (χ0n) is 49.2. The van der Waals surface area contributed by atoms with Gasteiger partial charge in [0.15, 0.2) is 5.65 Å². The average Bonchev–Trinajstić information content (AvgIpc) is 3.18. The maximum absolute atomic E-state index is 14.7. The number of nitrogens with one attached hydrogen (secondary N) is 9. The fraction of sp³-hybridized carbons (Fsp3) is 0.377. The number of carbonyl (C=O) groups is 7. The van der Waals surface area contributed by atoms with Gasteiger partial charge in [-0.2, -0.15) is 9.97 Å². The highest BCUT2D eigenvalue weighted by Gasteiger charge is 2.36. The number of imidazole rings is 1. The molecule has 0 bridgehead atoms.